The number of allylic oxidation sites excluding steroid dienone is 10. The minimum absolute atomic E-state index is 0.0766. The van der Waals surface area contributed by atoms with Crippen LogP contribution in [0.15, 0.2) is 60.8 Å². The van der Waals surface area contributed by atoms with Crippen LogP contribution in [0.3, 0.4) is 0 Å². The van der Waals surface area contributed by atoms with Gasteiger partial charge in [0.05, 0.1) is 6.04 Å². The van der Waals surface area contributed by atoms with E-state index in [9.17, 15) is 14.4 Å². The second kappa shape index (κ2) is 34.6. The van der Waals surface area contributed by atoms with Gasteiger partial charge in [-0.05, 0) is 84.1 Å². The van der Waals surface area contributed by atoms with E-state index >= 15 is 0 Å². The summed E-state index contributed by atoms with van der Waals surface area (Å²) in [6.45, 7) is 5.68. The van der Waals surface area contributed by atoms with Crippen LogP contribution in [0.4, 0.5) is 4.79 Å². The molecule has 0 saturated carbocycles. The molecule has 1 amide bonds. The summed E-state index contributed by atoms with van der Waals surface area (Å²) in [5.74, 6) is -0.641. The van der Waals surface area contributed by atoms with Gasteiger partial charge in [0.15, 0.2) is 6.10 Å². The Morgan fingerprint density at radius 3 is 1.47 bits per heavy atom. The normalized spacial score (nSPS) is 14.6. The number of amides is 1. The zero-order valence-electron chi connectivity index (χ0n) is 34.2. The third-order valence-electron chi connectivity index (χ3n) is 9.37. The van der Waals surface area contributed by atoms with Gasteiger partial charge in [0.2, 0.25) is 0 Å². The summed E-state index contributed by atoms with van der Waals surface area (Å²) in [6.07, 6.45) is 43.2. The molecule has 0 aromatic rings. The van der Waals surface area contributed by atoms with Gasteiger partial charge in [0.1, 0.15) is 13.2 Å². The minimum atomic E-state index is -0.846. The number of nitrogens with zero attached hydrogens (tertiary/aromatic N) is 2. The average molecular weight is 741 g/mol. The largest absolute Gasteiger partial charge is 0.462 e. The lowest BCUT2D eigenvalue weighted by atomic mass is 10.1. The van der Waals surface area contributed by atoms with Crippen molar-refractivity contribution in [1.29, 1.82) is 0 Å². The summed E-state index contributed by atoms with van der Waals surface area (Å²) >= 11 is 0. The Kier molecular flexibility index (Phi) is 31.3. The first-order valence-electron chi connectivity index (χ1n) is 21.0. The lowest BCUT2D eigenvalue weighted by Crippen LogP contribution is -2.58. The maximum atomic E-state index is 12.8. The molecule has 8 heteroatoms. The molecule has 8 nitrogen and oxygen atoms in total. The van der Waals surface area contributed by atoms with Gasteiger partial charge in [-0.3, -0.25) is 9.59 Å². The molecule has 0 aromatic carbocycles. The van der Waals surface area contributed by atoms with Gasteiger partial charge in [-0.25, -0.2) is 4.79 Å². The molecule has 53 heavy (non-hydrogen) atoms. The first-order valence-corrected chi connectivity index (χ1v) is 21.0. The fourth-order valence-corrected chi connectivity index (χ4v) is 5.89. The molecule has 0 radical (unpaired) electrons. The van der Waals surface area contributed by atoms with Crippen LogP contribution >= 0.6 is 0 Å². The quantitative estimate of drug-likeness (QED) is 0.0286. The van der Waals surface area contributed by atoms with Gasteiger partial charge < -0.3 is 24.0 Å². The molecule has 302 valence electrons. The summed E-state index contributed by atoms with van der Waals surface area (Å²) < 4.78 is 16.6. The molecule has 1 rings (SSSR count). The number of hydrogen-bond acceptors (Lipinski definition) is 7. The maximum Gasteiger partial charge on any atom is 0.410 e. The van der Waals surface area contributed by atoms with E-state index in [-0.39, 0.29) is 31.2 Å². The summed E-state index contributed by atoms with van der Waals surface area (Å²) in [4.78, 5) is 41.5. The Morgan fingerprint density at radius 2 is 1.02 bits per heavy atom. The third kappa shape index (κ3) is 29.0. The lowest BCUT2D eigenvalue weighted by Gasteiger charge is -2.41. The van der Waals surface area contributed by atoms with E-state index < -0.39 is 12.2 Å². The monoisotopic (exact) mass is 741 g/mol. The summed E-state index contributed by atoms with van der Waals surface area (Å²) in [5.41, 5.74) is 0. The summed E-state index contributed by atoms with van der Waals surface area (Å²) in [5, 5.41) is 0. The molecule has 0 aromatic heterocycles. The average Bonchev–Trinajstić information content (AvgIpc) is 3.14. The predicted octanol–water partition coefficient (Wildman–Crippen LogP) is 11.2. The van der Waals surface area contributed by atoms with Crippen LogP contribution in [0.5, 0.6) is 0 Å². The van der Waals surface area contributed by atoms with Crippen molar-refractivity contribution in [3.05, 3.63) is 60.8 Å². The standard InChI is InChI=1S/C45H76N2O6/c1-5-7-9-11-13-15-17-19-21-23-25-27-29-31-33-35-43(48)51-39-42(53-45(50)47(4)41-37-46(3)38-41)40-52-44(49)36-34-32-30-28-26-24-22-20-18-16-14-12-10-8-6-2/h7,9,13-16,19-22,41-42H,5-6,8,10-12,17-18,23-40H2,1-4H3/b9-7-,15-13-,16-14-,21-19-,22-20-. The van der Waals surface area contributed by atoms with Crippen molar-refractivity contribution in [1.82, 2.24) is 9.80 Å². The Morgan fingerprint density at radius 1 is 0.604 bits per heavy atom. The molecule has 1 unspecified atom stereocenters. The molecule has 1 atom stereocenters. The van der Waals surface area contributed by atoms with E-state index in [1.807, 2.05) is 7.05 Å². The van der Waals surface area contributed by atoms with Crippen molar-refractivity contribution < 1.29 is 28.6 Å². The molecular formula is C45H76N2O6. The van der Waals surface area contributed by atoms with E-state index in [0.29, 0.717) is 12.8 Å². The molecular weight excluding hydrogens is 665 g/mol. The van der Waals surface area contributed by atoms with Crippen molar-refractivity contribution in [2.24, 2.45) is 0 Å². The third-order valence-corrected chi connectivity index (χ3v) is 9.37. The topological polar surface area (TPSA) is 85.4 Å². The van der Waals surface area contributed by atoms with Crippen molar-refractivity contribution in [2.75, 3.05) is 40.4 Å². The highest BCUT2D eigenvalue weighted by Gasteiger charge is 2.32. The van der Waals surface area contributed by atoms with Gasteiger partial charge in [0.25, 0.3) is 0 Å². The van der Waals surface area contributed by atoms with E-state index in [2.05, 4.69) is 79.5 Å². The number of rotatable bonds is 33. The number of carbonyl (C=O) groups is 3. The van der Waals surface area contributed by atoms with Gasteiger partial charge in [-0.2, -0.15) is 0 Å². The predicted molar refractivity (Wildman–Crippen MR) is 220 cm³/mol. The molecule has 0 bridgehead atoms. The number of likely N-dealkylation sites (N-methyl/N-ethyl adjacent to an activating group) is 2. The molecule has 1 aliphatic rings. The summed E-state index contributed by atoms with van der Waals surface area (Å²) in [7, 11) is 3.71. The smallest absolute Gasteiger partial charge is 0.410 e. The molecule has 1 aliphatic heterocycles. The Bertz CT molecular complexity index is 1070. The van der Waals surface area contributed by atoms with Crippen molar-refractivity contribution in [2.45, 2.75) is 167 Å². The van der Waals surface area contributed by atoms with Crippen molar-refractivity contribution >= 4 is 18.0 Å². The number of unbranched alkanes of at least 4 members (excludes halogenated alkanes) is 13. The summed E-state index contributed by atoms with van der Waals surface area (Å²) in [6, 6.07) is 0.0766. The number of carbonyl (C=O) groups excluding carboxylic acids is 3. The maximum absolute atomic E-state index is 12.8. The first-order chi connectivity index (χ1) is 25.9. The minimum Gasteiger partial charge on any atom is -0.462 e. The lowest BCUT2D eigenvalue weighted by molar-refractivity contribution is -0.153. The van der Waals surface area contributed by atoms with Gasteiger partial charge in [0, 0.05) is 33.0 Å². The van der Waals surface area contributed by atoms with Crippen LogP contribution in [0, 0.1) is 0 Å². The van der Waals surface area contributed by atoms with Gasteiger partial charge >= 0.3 is 18.0 Å². The van der Waals surface area contributed by atoms with Crippen molar-refractivity contribution in [3.8, 4) is 0 Å². The second-order valence-electron chi connectivity index (χ2n) is 14.4. The zero-order valence-corrected chi connectivity index (χ0v) is 34.2. The molecule has 0 N–H and O–H groups in total. The van der Waals surface area contributed by atoms with Crippen LogP contribution in [0.2, 0.25) is 0 Å². The number of ether oxygens (including phenoxy) is 3. The van der Waals surface area contributed by atoms with E-state index in [1.165, 1.54) is 25.7 Å². The highest BCUT2D eigenvalue weighted by Crippen LogP contribution is 2.14. The van der Waals surface area contributed by atoms with Crippen LogP contribution < -0.4 is 0 Å². The van der Waals surface area contributed by atoms with Crippen LogP contribution in [-0.2, 0) is 23.8 Å². The van der Waals surface area contributed by atoms with Crippen molar-refractivity contribution in [3.63, 3.8) is 0 Å². The fraction of sp³-hybridized carbons (Fsp3) is 0.711. The molecule has 1 saturated heterocycles. The number of likely N-dealkylation sites (tertiary alicyclic amines) is 1. The first kappa shape index (κ1) is 47.9. The Hall–Kier alpha value is -3.13. The number of hydrogen-bond donors (Lipinski definition) is 0. The fourth-order valence-electron chi connectivity index (χ4n) is 5.89. The van der Waals surface area contributed by atoms with E-state index in [0.717, 1.165) is 116 Å². The highest BCUT2D eigenvalue weighted by atomic mass is 16.6. The van der Waals surface area contributed by atoms with Crippen LogP contribution in [0.25, 0.3) is 0 Å². The van der Waals surface area contributed by atoms with E-state index in [4.69, 9.17) is 14.2 Å². The number of esters is 2. The highest BCUT2D eigenvalue weighted by molar-refractivity contribution is 5.70. The van der Waals surface area contributed by atoms with Gasteiger partial charge in [-0.15, -0.1) is 0 Å². The molecule has 0 spiro atoms. The molecule has 0 aliphatic carbocycles. The van der Waals surface area contributed by atoms with Crippen LogP contribution in [-0.4, -0.2) is 80.4 Å². The van der Waals surface area contributed by atoms with E-state index in [1.54, 1.807) is 11.9 Å². The zero-order chi connectivity index (χ0) is 38.6. The molecule has 1 heterocycles. The second-order valence-corrected chi connectivity index (χ2v) is 14.4. The SMILES string of the molecule is CC/C=C\C/C=C\C/C=C\CCCCCCCC(=O)OCC(COC(=O)CCCCCCC/C=C\C/C=C\CCCCC)OC(=O)N(C)C1CN(C)C1. The Labute approximate surface area is 324 Å². The Balaban J connectivity index is 2.25. The van der Waals surface area contributed by atoms with Gasteiger partial charge in [-0.1, -0.05) is 126 Å². The van der Waals surface area contributed by atoms with Crippen LogP contribution in [0.1, 0.15) is 155 Å². The molecule has 1 fully saturated rings.